The maximum atomic E-state index is 14.5. The summed E-state index contributed by atoms with van der Waals surface area (Å²) in [7, 11) is 0. The number of aryl methyl sites for hydroxylation is 2. The van der Waals surface area contributed by atoms with Gasteiger partial charge in [-0.2, -0.15) is 0 Å². The fourth-order valence-electron chi connectivity index (χ4n) is 2.73. The third kappa shape index (κ3) is 4.54. The van der Waals surface area contributed by atoms with Crippen LogP contribution in [0.3, 0.4) is 0 Å². The summed E-state index contributed by atoms with van der Waals surface area (Å²) in [4.78, 5) is 22.7. The molecule has 0 aliphatic rings. The summed E-state index contributed by atoms with van der Waals surface area (Å²) >= 11 is 2.93. The second-order valence-corrected chi connectivity index (χ2v) is 8.35. The highest BCUT2D eigenvalue weighted by atomic mass is 32.2. The van der Waals surface area contributed by atoms with Gasteiger partial charge in [0.15, 0.2) is 5.82 Å². The SMILES string of the molecule is CCc1c(C)nc(-c2ccc(C)s2)nc1Nc1ccc(SCC=O)cc1F. The third-order valence-corrected chi connectivity index (χ3v) is 5.93. The second-order valence-electron chi connectivity index (χ2n) is 5.97. The number of aldehydes is 1. The van der Waals surface area contributed by atoms with Crippen molar-refractivity contribution in [3.05, 3.63) is 52.3 Å². The van der Waals surface area contributed by atoms with Crippen LogP contribution in [0.1, 0.15) is 23.1 Å². The van der Waals surface area contributed by atoms with Crippen molar-refractivity contribution < 1.29 is 9.18 Å². The largest absolute Gasteiger partial charge is 0.337 e. The first-order chi connectivity index (χ1) is 13.0. The molecule has 0 saturated heterocycles. The Kier molecular flexibility index (Phi) is 6.23. The summed E-state index contributed by atoms with van der Waals surface area (Å²) in [6.07, 6.45) is 1.55. The van der Waals surface area contributed by atoms with E-state index >= 15 is 0 Å². The van der Waals surface area contributed by atoms with Crippen LogP contribution in [-0.2, 0) is 11.2 Å². The number of carbonyl (C=O) groups is 1. The van der Waals surface area contributed by atoms with E-state index in [0.29, 0.717) is 23.1 Å². The van der Waals surface area contributed by atoms with Crippen LogP contribution in [0.4, 0.5) is 15.9 Å². The van der Waals surface area contributed by atoms with Crippen molar-refractivity contribution in [2.75, 3.05) is 11.1 Å². The molecule has 2 heterocycles. The molecule has 0 spiro atoms. The standard InChI is InChI=1S/C20H20FN3OS2/c1-4-15-13(3)22-20(18-8-5-12(2)27-18)24-19(15)23-17-7-6-14(11-16(17)21)26-10-9-25/h5-9,11H,4,10H2,1-3H3,(H,22,23,24). The Morgan fingerprint density at radius 1 is 1.22 bits per heavy atom. The molecule has 7 heteroatoms. The number of hydrogen-bond donors (Lipinski definition) is 1. The molecule has 3 aromatic rings. The van der Waals surface area contributed by atoms with Crippen molar-refractivity contribution in [3.8, 4) is 10.7 Å². The monoisotopic (exact) mass is 401 g/mol. The molecule has 0 amide bonds. The summed E-state index contributed by atoms with van der Waals surface area (Å²) < 4.78 is 14.5. The number of rotatable bonds is 7. The number of aromatic nitrogens is 2. The van der Waals surface area contributed by atoms with E-state index in [1.807, 2.05) is 32.9 Å². The van der Waals surface area contributed by atoms with Crippen molar-refractivity contribution in [3.63, 3.8) is 0 Å². The van der Waals surface area contributed by atoms with Crippen molar-refractivity contribution in [2.24, 2.45) is 0 Å². The Balaban J connectivity index is 1.96. The number of hydrogen-bond acceptors (Lipinski definition) is 6. The van der Waals surface area contributed by atoms with Gasteiger partial charge >= 0.3 is 0 Å². The van der Waals surface area contributed by atoms with Gasteiger partial charge in [-0.15, -0.1) is 23.1 Å². The summed E-state index contributed by atoms with van der Waals surface area (Å²) in [5.41, 5.74) is 2.20. The van der Waals surface area contributed by atoms with E-state index in [2.05, 4.69) is 15.3 Å². The number of thioether (sulfide) groups is 1. The maximum Gasteiger partial charge on any atom is 0.171 e. The van der Waals surface area contributed by atoms with E-state index in [9.17, 15) is 9.18 Å². The molecule has 0 saturated carbocycles. The van der Waals surface area contributed by atoms with Gasteiger partial charge in [0.1, 0.15) is 17.9 Å². The molecule has 0 fully saturated rings. The number of nitrogens with zero attached hydrogens (tertiary/aromatic N) is 2. The molecule has 0 atom stereocenters. The number of benzene rings is 1. The predicted octanol–water partition coefficient (Wildman–Crippen LogP) is 5.56. The Morgan fingerprint density at radius 3 is 2.67 bits per heavy atom. The van der Waals surface area contributed by atoms with Crippen LogP contribution >= 0.6 is 23.1 Å². The molecule has 1 N–H and O–H groups in total. The lowest BCUT2D eigenvalue weighted by molar-refractivity contribution is -0.105. The van der Waals surface area contributed by atoms with Crippen LogP contribution in [0.2, 0.25) is 0 Å². The van der Waals surface area contributed by atoms with Gasteiger partial charge in [-0.05, 0) is 50.6 Å². The molecule has 0 bridgehead atoms. The number of anilines is 2. The third-order valence-electron chi connectivity index (χ3n) is 4.04. The molecule has 27 heavy (non-hydrogen) atoms. The van der Waals surface area contributed by atoms with Crippen molar-refractivity contribution in [1.29, 1.82) is 0 Å². The molecule has 0 aliphatic heterocycles. The molecule has 140 valence electrons. The minimum Gasteiger partial charge on any atom is -0.337 e. The number of nitrogens with one attached hydrogen (secondary N) is 1. The zero-order valence-electron chi connectivity index (χ0n) is 15.4. The van der Waals surface area contributed by atoms with Crippen LogP contribution in [0.15, 0.2) is 35.2 Å². The fraction of sp³-hybridized carbons (Fsp3) is 0.250. The van der Waals surface area contributed by atoms with Gasteiger partial charge in [-0.25, -0.2) is 14.4 Å². The second kappa shape index (κ2) is 8.63. The average Bonchev–Trinajstić information content (AvgIpc) is 3.08. The van der Waals surface area contributed by atoms with E-state index in [-0.39, 0.29) is 5.82 Å². The Morgan fingerprint density at radius 2 is 2.04 bits per heavy atom. The highest BCUT2D eigenvalue weighted by molar-refractivity contribution is 7.99. The first kappa shape index (κ1) is 19.5. The molecule has 4 nitrogen and oxygen atoms in total. The average molecular weight is 402 g/mol. The lowest BCUT2D eigenvalue weighted by atomic mass is 10.1. The Hall–Kier alpha value is -2.25. The number of carbonyl (C=O) groups excluding carboxylic acids is 1. The first-order valence-electron chi connectivity index (χ1n) is 8.59. The summed E-state index contributed by atoms with van der Waals surface area (Å²) in [5, 5.41) is 3.13. The molecular weight excluding hydrogens is 381 g/mol. The van der Waals surface area contributed by atoms with Crippen molar-refractivity contribution in [2.45, 2.75) is 32.1 Å². The molecule has 0 aliphatic carbocycles. The minimum absolute atomic E-state index is 0.306. The predicted molar refractivity (Wildman–Crippen MR) is 111 cm³/mol. The normalized spacial score (nSPS) is 10.8. The highest BCUT2D eigenvalue weighted by Crippen LogP contribution is 2.31. The van der Waals surface area contributed by atoms with Crippen LogP contribution in [-0.4, -0.2) is 22.0 Å². The van der Waals surface area contributed by atoms with Gasteiger partial charge in [0.25, 0.3) is 0 Å². The smallest absolute Gasteiger partial charge is 0.171 e. The lowest BCUT2D eigenvalue weighted by Crippen LogP contribution is -2.06. The van der Waals surface area contributed by atoms with E-state index in [1.54, 1.807) is 23.5 Å². The van der Waals surface area contributed by atoms with Gasteiger partial charge in [0.05, 0.1) is 16.3 Å². The van der Waals surface area contributed by atoms with Crippen LogP contribution < -0.4 is 5.32 Å². The van der Waals surface area contributed by atoms with Gasteiger partial charge in [0, 0.05) is 21.0 Å². The van der Waals surface area contributed by atoms with E-state index < -0.39 is 0 Å². The maximum absolute atomic E-state index is 14.5. The van der Waals surface area contributed by atoms with Gasteiger partial charge in [-0.3, -0.25) is 0 Å². The molecule has 1 aromatic carbocycles. The number of thiophene rings is 1. The molecule has 0 unspecified atom stereocenters. The Bertz CT molecular complexity index is 972. The van der Waals surface area contributed by atoms with Crippen molar-refractivity contribution >= 4 is 40.9 Å². The summed E-state index contributed by atoms with van der Waals surface area (Å²) in [6.45, 7) is 6.02. The lowest BCUT2D eigenvalue weighted by Gasteiger charge is -2.14. The van der Waals surface area contributed by atoms with Crippen molar-refractivity contribution in [1.82, 2.24) is 9.97 Å². The number of halogens is 1. The zero-order valence-corrected chi connectivity index (χ0v) is 17.0. The molecular formula is C20H20FN3OS2. The van der Waals surface area contributed by atoms with E-state index in [0.717, 1.165) is 33.7 Å². The van der Waals surface area contributed by atoms with Gasteiger partial charge < -0.3 is 10.1 Å². The van der Waals surface area contributed by atoms with Gasteiger partial charge in [0.2, 0.25) is 0 Å². The van der Waals surface area contributed by atoms with Crippen LogP contribution in [0.5, 0.6) is 0 Å². The van der Waals surface area contributed by atoms with E-state index in [1.165, 1.54) is 22.7 Å². The fourth-order valence-corrected chi connectivity index (χ4v) is 4.15. The first-order valence-corrected chi connectivity index (χ1v) is 10.4. The topological polar surface area (TPSA) is 54.9 Å². The van der Waals surface area contributed by atoms with Gasteiger partial charge in [-0.1, -0.05) is 6.92 Å². The van der Waals surface area contributed by atoms with Crippen LogP contribution in [0, 0.1) is 19.7 Å². The summed E-state index contributed by atoms with van der Waals surface area (Å²) in [6, 6.07) is 8.94. The molecule has 0 radical (unpaired) electrons. The summed E-state index contributed by atoms with van der Waals surface area (Å²) in [5.74, 6) is 1.20. The van der Waals surface area contributed by atoms with Crippen LogP contribution in [0.25, 0.3) is 10.7 Å². The van der Waals surface area contributed by atoms with E-state index in [4.69, 9.17) is 0 Å². The molecule has 3 rings (SSSR count). The quantitative estimate of drug-likeness (QED) is 0.415. The molecule has 2 aromatic heterocycles. The highest BCUT2D eigenvalue weighted by Gasteiger charge is 2.14. The Labute approximate surface area is 166 Å². The minimum atomic E-state index is -0.377. The zero-order chi connectivity index (χ0) is 19.4.